The summed E-state index contributed by atoms with van der Waals surface area (Å²) < 4.78 is 10.8. The Hall–Kier alpha value is -3.80. The van der Waals surface area contributed by atoms with E-state index >= 15 is 0 Å². The van der Waals surface area contributed by atoms with Crippen molar-refractivity contribution in [3.05, 3.63) is 60.2 Å². The van der Waals surface area contributed by atoms with Gasteiger partial charge in [-0.1, -0.05) is 44.2 Å². The van der Waals surface area contributed by atoms with Crippen molar-refractivity contribution in [2.45, 2.75) is 51.2 Å². The Bertz CT molecular complexity index is 1040. The molecule has 0 aliphatic carbocycles. The minimum atomic E-state index is -1.25. The fourth-order valence-electron chi connectivity index (χ4n) is 3.64. The maximum Gasteiger partial charge on any atom is 0.552 e. The van der Waals surface area contributed by atoms with E-state index in [1.165, 1.54) is 18.6 Å². The van der Waals surface area contributed by atoms with Crippen LogP contribution >= 0.6 is 0 Å². The number of amides is 2. The minimum absolute atomic E-state index is 0.0571. The second kappa shape index (κ2) is 12.1. The van der Waals surface area contributed by atoms with Gasteiger partial charge in [-0.25, -0.2) is 4.98 Å². The van der Waals surface area contributed by atoms with E-state index in [-0.39, 0.29) is 18.0 Å². The van der Waals surface area contributed by atoms with Crippen LogP contribution in [0.15, 0.2) is 48.9 Å². The molecule has 0 spiro atoms. The zero-order chi connectivity index (χ0) is 25.4. The largest absolute Gasteiger partial charge is 0.552 e. The molecule has 1 aliphatic rings. The number of nitrogens with zero attached hydrogens (tertiary/aromatic N) is 2. The van der Waals surface area contributed by atoms with Gasteiger partial charge in [-0.2, -0.15) is 0 Å². The van der Waals surface area contributed by atoms with E-state index in [1.807, 2.05) is 44.2 Å². The van der Waals surface area contributed by atoms with Crippen molar-refractivity contribution in [1.82, 2.24) is 20.6 Å². The van der Waals surface area contributed by atoms with Crippen LogP contribution in [0.2, 0.25) is 0 Å². The second-order valence-corrected chi connectivity index (χ2v) is 8.58. The predicted octanol–water partition coefficient (Wildman–Crippen LogP) is 0.793. The molecule has 0 radical (unpaired) electrons. The Kier molecular flexibility index (Phi) is 8.90. The molecule has 1 aromatic carbocycles. The molecular formula is C23H27BN4O7. The van der Waals surface area contributed by atoms with Gasteiger partial charge in [-0.05, 0) is 17.9 Å². The number of rotatable bonds is 11. The minimum Gasteiger partial charge on any atom is -0.506 e. The number of nitrogens with one attached hydrogen (secondary N) is 2. The Morgan fingerprint density at radius 1 is 1.14 bits per heavy atom. The van der Waals surface area contributed by atoms with Gasteiger partial charge in [0.15, 0.2) is 6.10 Å². The van der Waals surface area contributed by atoms with Crippen molar-refractivity contribution in [1.29, 1.82) is 0 Å². The Balaban J connectivity index is 1.77. The standard InChI is InChI=1S/C23H27BN4O7/c1-14(2)10-19(24-34-18(12-20(29)30)23(33)35-24)28-21(31)16(11-15-6-4-3-5-7-15)27-22(32)17-13-25-8-9-26-17/h3-9,13-14,16,18-19H,10-12H2,1-2H3,(H,27,32)(H,28,31)(H,29,30)/t16-,18-,19-/m0/s1. The first kappa shape index (κ1) is 25.8. The van der Waals surface area contributed by atoms with Gasteiger partial charge in [-0.15, -0.1) is 0 Å². The number of carbonyl (C=O) groups is 4. The lowest BCUT2D eigenvalue weighted by Crippen LogP contribution is -2.55. The molecule has 2 aromatic rings. The highest BCUT2D eigenvalue weighted by Gasteiger charge is 2.47. The first-order chi connectivity index (χ1) is 16.7. The first-order valence-corrected chi connectivity index (χ1v) is 11.2. The van der Waals surface area contributed by atoms with Gasteiger partial charge < -0.3 is 25.0 Å². The summed E-state index contributed by atoms with van der Waals surface area (Å²) in [4.78, 5) is 57.0. The average molecular weight is 482 g/mol. The molecular weight excluding hydrogens is 455 g/mol. The zero-order valence-corrected chi connectivity index (χ0v) is 19.4. The van der Waals surface area contributed by atoms with Crippen LogP contribution in [0.1, 0.15) is 42.7 Å². The Morgan fingerprint density at radius 2 is 1.89 bits per heavy atom. The first-order valence-electron chi connectivity index (χ1n) is 11.2. The molecule has 11 nitrogen and oxygen atoms in total. The van der Waals surface area contributed by atoms with Gasteiger partial charge >= 0.3 is 19.1 Å². The molecule has 35 heavy (non-hydrogen) atoms. The van der Waals surface area contributed by atoms with Gasteiger partial charge in [0.1, 0.15) is 11.7 Å². The van der Waals surface area contributed by atoms with Gasteiger partial charge in [-0.3, -0.25) is 24.2 Å². The highest BCUT2D eigenvalue weighted by atomic mass is 16.7. The lowest BCUT2D eigenvalue weighted by atomic mass is 9.74. The SMILES string of the molecule is CC(C)C[C@H](NC(=O)[C@H](Cc1ccccc1)NC(=O)c1cnccn1)B1OC(=O)[C@H](CC(=O)O)O1. The normalized spacial score (nSPS) is 16.9. The monoisotopic (exact) mass is 482 g/mol. The van der Waals surface area contributed by atoms with Crippen molar-refractivity contribution < 1.29 is 33.6 Å². The molecule has 12 heteroatoms. The summed E-state index contributed by atoms with van der Waals surface area (Å²) in [6.45, 7) is 3.84. The molecule has 0 saturated carbocycles. The van der Waals surface area contributed by atoms with Crippen LogP contribution in [-0.4, -0.2) is 64.0 Å². The maximum absolute atomic E-state index is 13.4. The molecule has 3 N–H and O–H groups in total. The van der Waals surface area contributed by atoms with Crippen LogP contribution < -0.4 is 10.6 Å². The second-order valence-electron chi connectivity index (χ2n) is 8.58. The van der Waals surface area contributed by atoms with Gasteiger partial charge in [0, 0.05) is 18.8 Å². The molecule has 0 unspecified atom stereocenters. The molecule has 2 amide bonds. The van der Waals surface area contributed by atoms with E-state index in [0.717, 1.165) is 5.56 Å². The maximum atomic E-state index is 13.4. The average Bonchev–Trinajstić information content (AvgIpc) is 3.18. The quantitative estimate of drug-likeness (QED) is 0.394. The number of aliphatic carboxylic acids is 1. The Labute approximate surface area is 202 Å². The molecule has 2 heterocycles. The van der Waals surface area contributed by atoms with Crippen LogP contribution in [0.4, 0.5) is 0 Å². The van der Waals surface area contributed by atoms with Crippen molar-refractivity contribution >= 4 is 30.9 Å². The van der Waals surface area contributed by atoms with Crippen LogP contribution in [0.5, 0.6) is 0 Å². The third-order valence-corrected chi connectivity index (χ3v) is 5.24. The van der Waals surface area contributed by atoms with E-state index in [2.05, 4.69) is 20.6 Å². The van der Waals surface area contributed by atoms with Crippen LogP contribution in [0.25, 0.3) is 0 Å². The lowest BCUT2D eigenvalue weighted by Gasteiger charge is -2.25. The van der Waals surface area contributed by atoms with Crippen LogP contribution in [-0.2, 0) is 30.1 Å². The van der Waals surface area contributed by atoms with Crippen LogP contribution in [0.3, 0.4) is 0 Å². The van der Waals surface area contributed by atoms with E-state index in [9.17, 15) is 19.2 Å². The van der Waals surface area contributed by atoms with E-state index in [0.29, 0.717) is 6.42 Å². The highest BCUT2D eigenvalue weighted by Crippen LogP contribution is 2.20. The number of carbonyl (C=O) groups excluding carboxylic acids is 3. The van der Waals surface area contributed by atoms with Crippen LogP contribution in [0, 0.1) is 5.92 Å². The van der Waals surface area contributed by atoms with E-state index in [1.54, 1.807) is 0 Å². The number of hydrogen-bond donors (Lipinski definition) is 3. The number of carboxylic acids is 1. The molecule has 1 fully saturated rings. The number of aromatic nitrogens is 2. The van der Waals surface area contributed by atoms with Gasteiger partial charge in [0.25, 0.3) is 5.91 Å². The molecule has 1 aliphatic heterocycles. The van der Waals surface area contributed by atoms with E-state index < -0.39 is 55.4 Å². The summed E-state index contributed by atoms with van der Waals surface area (Å²) in [7, 11) is -1.15. The molecule has 3 rings (SSSR count). The fourth-order valence-corrected chi connectivity index (χ4v) is 3.64. The third kappa shape index (κ3) is 7.61. The molecule has 1 saturated heterocycles. The number of carboxylic acid groups (broad SMARTS) is 1. The lowest BCUT2D eigenvalue weighted by molar-refractivity contribution is -0.145. The predicted molar refractivity (Wildman–Crippen MR) is 124 cm³/mol. The van der Waals surface area contributed by atoms with Gasteiger partial charge in [0.05, 0.1) is 18.6 Å². The zero-order valence-electron chi connectivity index (χ0n) is 19.4. The van der Waals surface area contributed by atoms with E-state index in [4.69, 9.17) is 14.4 Å². The topological polar surface area (TPSA) is 157 Å². The molecule has 184 valence electrons. The van der Waals surface area contributed by atoms with Crippen molar-refractivity contribution in [3.8, 4) is 0 Å². The fraction of sp³-hybridized carbons (Fsp3) is 0.391. The number of hydrogen-bond acceptors (Lipinski definition) is 8. The summed E-state index contributed by atoms with van der Waals surface area (Å²) in [6.07, 6.45) is 2.90. The summed E-state index contributed by atoms with van der Waals surface area (Å²) in [5, 5.41) is 14.5. The third-order valence-electron chi connectivity index (χ3n) is 5.24. The van der Waals surface area contributed by atoms with Gasteiger partial charge in [0.2, 0.25) is 5.91 Å². The summed E-state index contributed by atoms with van der Waals surface area (Å²) in [5.74, 6) is -3.75. The molecule has 1 aromatic heterocycles. The number of benzene rings is 1. The van der Waals surface area contributed by atoms with Crippen molar-refractivity contribution in [3.63, 3.8) is 0 Å². The summed E-state index contributed by atoms with van der Waals surface area (Å²) in [6, 6.07) is 8.18. The van der Waals surface area contributed by atoms with Crippen molar-refractivity contribution in [2.24, 2.45) is 5.92 Å². The molecule has 0 bridgehead atoms. The summed E-state index contributed by atoms with van der Waals surface area (Å²) >= 11 is 0. The van der Waals surface area contributed by atoms with Crippen molar-refractivity contribution in [2.75, 3.05) is 0 Å². The smallest absolute Gasteiger partial charge is 0.506 e. The Morgan fingerprint density at radius 3 is 2.51 bits per heavy atom. The summed E-state index contributed by atoms with van der Waals surface area (Å²) in [5.41, 5.74) is 0.874. The molecule has 3 atom stereocenters. The highest BCUT2D eigenvalue weighted by molar-refractivity contribution is 6.51.